The number of halogens is 1. The van der Waals surface area contributed by atoms with Crippen LogP contribution in [0.5, 0.6) is 5.75 Å². The molecule has 1 heterocycles. The fraction of sp³-hybridized carbons (Fsp3) is 0.304. The topological polar surface area (TPSA) is 70.1 Å². The number of nitrogens with zero attached hydrogens (tertiary/aromatic N) is 2. The number of hydrogen-bond donors (Lipinski definition) is 1. The molecule has 2 aromatic rings. The van der Waals surface area contributed by atoms with E-state index in [1.54, 1.807) is 25.3 Å². The monoisotopic (exact) mass is 472 g/mol. The summed E-state index contributed by atoms with van der Waals surface area (Å²) in [6.45, 7) is 2.83. The van der Waals surface area contributed by atoms with Crippen molar-refractivity contribution < 1.29 is 19.4 Å². The van der Waals surface area contributed by atoms with Crippen LogP contribution in [0.25, 0.3) is 5.76 Å². The highest BCUT2D eigenvalue weighted by Crippen LogP contribution is 2.40. The molecule has 2 aromatic carbocycles. The van der Waals surface area contributed by atoms with Crippen molar-refractivity contribution in [1.29, 1.82) is 0 Å². The van der Waals surface area contributed by atoms with Gasteiger partial charge in [0.25, 0.3) is 11.7 Å². The first-order valence-electron chi connectivity index (χ1n) is 9.58. The second-order valence-corrected chi connectivity index (χ2v) is 8.45. The SMILES string of the molecule is COc1ccc(/C(O)=C2\C(=O)C(=O)N(CCN(C)C)C2c2ccc(Br)cc2)cc1C. The van der Waals surface area contributed by atoms with E-state index in [-0.39, 0.29) is 11.3 Å². The van der Waals surface area contributed by atoms with Crippen molar-refractivity contribution in [2.45, 2.75) is 13.0 Å². The molecule has 0 bridgehead atoms. The van der Waals surface area contributed by atoms with Crippen LogP contribution in [0.4, 0.5) is 0 Å². The number of likely N-dealkylation sites (tertiary alicyclic amines) is 1. The number of hydrogen-bond acceptors (Lipinski definition) is 5. The molecule has 1 unspecified atom stereocenters. The highest BCUT2D eigenvalue weighted by molar-refractivity contribution is 9.10. The van der Waals surface area contributed by atoms with Crippen molar-refractivity contribution in [2.75, 3.05) is 34.3 Å². The summed E-state index contributed by atoms with van der Waals surface area (Å²) in [5.41, 5.74) is 2.16. The van der Waals surface area contributed by atoms with E-state index in [0.29, 0.717) is 24.4 Å². The Morgan fingerprint density at radius 2 is 1.83 bits per heavy atom. The molecule has 30 heavy (non-hydrogen) atoms. The van der Waals surface area contributed by atoms with Crippen LogP contribution in [0.2, 0.25) is 0 Å². The van der Waals surface area contributed by atoms with Gasteiger partial charge in [0.1, 0.15) is 11.5 Å². The number of aliphatic hydroxyl groups is 1. The predicted octanol–water partition coefficient (Wildman–Crippen LogP) is 3.75. The number of carbonyl (C=O) groups is 2. The zero-order chi connectivity index (χ0) is 22.0. The van der Waals surface area contributed by atoms with Gasteiger partial charge in [-0.05, 0) is 62.5 Å². The van der Waals surface area contributed by atoms with E-state index in [4.69, 9.17) is 4.74 Å². The lowest BCUT2D eigenvalue weighted by Gasteiger charge is -2.26. The molecule has 1 amide bonds. The van der Waals surface area contributed by atoms with Gasteiger partial charge in [-0.25, -0.2) is 0 Å². The maximum Gasteiger partial charge on any atom is 0.295 e. The third-order valence-electron chi connectivity index (χ3n) is 5.18. The van der Waals surface area contributed by atoms with Crippen LogP contribution < -0.4 is 4.74 Å². The van der Waals surface area contributed by atoms with Gasteiger partial charge in [0.2, 0.25) is 0 Å². The molecule has 6 nitrogen and oxygen atoms in total. The molecule has 1 fully saturated rings. The standard InChI is InChI=1S/C23H25BrN2O4/c1-14-13-16(7-10-18(14)30-4)21(27)19-20(15-5-8-17(24)9-6-15)26(12-11-25(2)3)23(29)22(19)28/h5-10,13,20,27H,11-12H2,1-4H3/b21-19+. The third-order valence-corrected chi connectivity index (χ3v) is 5.71. The van der Waals surface area contributed by atoms with E-state index in [1.807, 2.05) is 50.2 Å². The predicted molar refractivity (Wildman–Crippen MR) is 119 cm³/mol. The van der Waals surface area contributed by atoms with E-state index in [2.05, 4.69) is 15.9 Å². The fourth-order valence-electron chi connectivity index (χ4n) is 3.59. The first-order valence-corrected chi connectivity index (χ1v) is 10.4. The molecule has 158 valence electrons. The normalized spacial score (nSPS) is 18.3. The van der Waals surface area contributed by atoms with Gasteiger partial charge >= 0.3 is 0 Å². The molecule has 0 aliphatic carbocycles. The van der Waals surface area contributed by atoms with Crippen LogP contribution in [0.3, 0.4) is 0 Å². The minimum atomic E-state index is -0.673. The molecule has 0 radical (unpaired) electrons. The molecule has 7 heteroatoms. The Bertz CT molecular complexity index is 999. The Labute approximate surface area is 184 Å². The first kappa shape index (κ1) is 22.1. The summed E-state index contributed by atoms with van der Waals surface area (Å²) in [5.74, 6) is -0.772. The van der Waals surface area contributed by atoms with Crippen LogP contribution in [0, 0.1) is 6.92 Å². The number of likely N-dealkylation sites (N-methyl/N-ethyl adjacent to an activating group) is 1. The van der Waals surface area contributed by atoms with E-state index in [1.165, 1.54) is 4.90 Å². The summed E-state index contributed by atoms with van der Waals surface area (Å²) in [4.78, 5) is 29.3. The molecule has 1 aliphatic rings. The highest BCUT2D eigenvalue weighted by Gasteiger charge is 2.45. The van der Waals surface area contributed by atoms with Gasteiger partial charge in [0.15, 0.2) is 0 Å². The summed E-state index contributed by atoms with van der Waals surface area (Å²) in [7, 11) is 5.39. The third kappa shape index (κ3) is 4.27. The number of carbonyl (C=O) groups excluding carboxylic acids is 2. The minimum Gasteiger partial charge on any atom is -0.507 e. The summed E-state index contributed by atoms with van der Waals surface area (Å²) < 4.78 is 6.17. The number of benzene rings is 2. The lowest BCUT2D eigenvalue weighted by molar-refractivity contribution is -0.140. The average Bonchev–Trinajstić information content (AvgIpc) is 2.96. The van der Waals surface area contributed by atoms with E-state index in [9.17, 15) is 14.7 Å². The first-order chi connectivity index (χ1) is 14.2. The molecule has 0 aromatic heterocycles. The number of aliphatic hydroxyl groups excluding tert-OH is 1. The van der Waals surface area contributed by atoms with E-state index in [0.717, 1.165) is 15.6 Å². The molecule has 0 saturated carbocycles. The maximum atomic E-state index is 13.0. The van der Waals surface area contributed by atoms with Gasteiger partial charge in [0.05, 0.1) is 18.7 Å². The quantitative estimate of drug-likeness (QED) is 0.393. The lowest BCUT2D eigenvalue weighted by Crippen LogP contribution is -2.35. The summed E-state index contributed by atoms with van der Waals surface area (Å²) in [6, 6.07) is 12.0. The van der Waals surface area contributed by atoms with Crippen molar-refractivity contribution in [3.63, 3.8) is 0 Å². The zero-order valence-corrected chi connectivity index (χ0v) is 19.1. The summed E-state index contributed by atoms with van der Waals surface area (Å²) in [5, 5.41) is 11.1. The van der Waals surface area contributed by atoms with Crippen molar-refractivity contribution in [3.8, 4) is 5.75 Å². The van der Waals surface area contributed by atoms with Gasteiger partial charge < -0.3 is 19.6 Å². The van der Waals surface area contributed by atoms with Gasteiger partial charge in [0, 0.05) is 23.1 Å². The van der Waals surface area contributed by atoms with E-state index >= 15 is 0 Å². The van der Waals surface area contributed by atoms with Crippen LogP contribution in [0.1, 0.15) is 22.7 Å². The smallest absolute Gasteiger partial charge is 0.295 e. The zero-order valence-electron chi connectivity index (χ0n) is 17.5. The van der Waals surface area contributed by atoms with Crippen LogP contribution >= 0.6 is 15.9 Å². The fourth-order valence-corrected chi connectivity index (χ4v) is 3.86. The molecule has 0 spiro atoms. The van der Waals surface area contributed by atoms with E-state index < -0.39 is 17.7 Å². The Morgan fingerprint density at radius 3 is 2.40 bits per heavy atom. The van der Waals surface area contributed by atoms with Gasteiger partial charge in [-0.1, -0.05) is 28.1 Å². The van der Waals surface area contributed by atoms with Crippen molar-refractivity contribution in [2.24, 2.45) is 0 Å². The number of Topliss-reactive ketones (excluding diaryl/α,β-unsaturated/α-hetero) is 1. The largest absolute Gasteiger partial charge is 0.507 e. The molecule has 1 saturated heterocycles. The Hall–Kier alpha value is -2.64. The maximum absolute atomic E-state index is 13.0. The number of aryl methyl sites for hydroxylation is 1. The number of methoxy groups -OCH3 is 1. The molecule has 3 rings (SSSR count). The molecule has 1 N–H and O–H groups in total. The minimum absolute atomic E-state index is 0.102. The van der Waals surface area contributed by atoms with Crippen LogP contribution in [0.15, 0.2) is 52.5 Å². The summed E-state index contributed by atoms with van der Waals surface area (Å²) >= 11 is 3.42. The van der Waals surface area contributed by atoms with Crippen LogP contribution in [-0.2, 0) is 9.59 Å². The Morgan fingerprint density at radius 1 is 1.17 bits per heavy atom. The molecule has 1 atom stereocenters. The van der Waals surface area contributed by atoms with Gasteiger partial charge in [-0.15, -0.1) is 0 Å². The second kappa shape index (κ2) is 9.02. The average molecular weight is 473 g/mol. The Balaban J connectivity index is 2.14. The summed E-state index contributed by atoms with van der Waals surface area (Å²) in [6.07, 6.45) is 0. The second-order valence-electron chi connectivity index (χ2n) is 7.53. The molecule has 1 aliphatic heterocycles. The molecular formula is C23H25BrN2O4. The lowest BCUT2D eigenvalue weighted by atomic mass is 9.95. The van der Waals surface area contributed by atoms with Crippen molar-refractivity contribution in [1.82, 2.24) is 9.80 Å². The Kier molecular flexibility index (Phi) is 6.63. The molecular weight excluding hydrogens is 448 g/mol. The van der Waals surface area contributed by atoms with Gasteiger partial charge in [-0.3, -0.25) is 9.59 Å². The van der Waals surface area contributed by atoms with Gasteiger partial charge in [-0.2, -0.15) is 0 Å². The highest BCUT2D eigenvalue weighted by atomic mass is 79.9. The number of rotatable bonds is 6. The number of ketones is 1. The van der Waals surface area contributed by atoms with Crippen LogP contribution in [-0.4, -0.2) is 60.9 Å². The number of ether oxygens (including phenoxy) is 1. The van der Waals surface area contributed by atoms with Crippen molar-refractivity contribution >= 4 is 33.4 Å². The number of amides is 1. The van der Waals surface area contributed by atoms with Crippen molar-refractivity contribution in [3.05, 3.63) is 69.2 Å².